The topological polar surface area (TPSA) is 73.4 Å². The molecular weight excluding hydrogens is 409 g/mol. The molecule has 0 saturated heterocycles. The number of benzene rings is 1. The van der Waals surface area contributed by atoms with Crippen molar-refractivity contribution in [3.05, 3.63) is 64.3 Å². The Balaban J connectivity index is 1.62. The summed E-state index contributed by atoms with van der Waals surface area (Å²) in [6.07, 6.45) is 0.548. The van der Waals surface area contributed by atoms with Crippen molar-refractivity contribution in [2.24, 2.45) is 0 Å². The van der Waals surface area contributed by atoms with Crippen molar-refractivity contribution >= 4 is 23.3 Å². The van der Waals surface area contributed by atoms with Gasteiger partial charge in [-0.3, -0.25) is 9.78 Å². The quantitative estimate of drug-likeness (QED) is 0.771. The third-order valence-corrected chi connectivity index (χ3v) is 5.27. The van der Waals surface area contributed by atoms with Crippen LogP contribution in [0.2, 0.25) is 5.02 Å². The number of rotatable bonds is 2. The van der Waals surface area contributed by atoms with E-state index in [-0.39, 0.29) is 18.2 Å². The molecule has 152 valence electrons. The van der Waals surface area contributed by atoms with Crippen LogP contribution in [0.3, 0.4) is 0 Å². The van der Waals surface area contributed by atoms with Crippen molar-refractivity contribution in [2.45, 2.75) is 25.6 Å². The summed E-state index contributed by atoms with van der Waals surface area (Å²) in [6, 6.07) is 3.09. The number of halogens is 4. The molecule has 1 atom stereocenters. The van der Waals surface area contributed by atoms with Crippen LogP contribution in [0.5, 0.6) is 0 Å². The van der Waals surface area contributed by atoms with E-state index in [9.17, 15) is 18.0 Å². The third kappa shape index (κ3) is 3.49. The Labute approximate surface area is 169 Å². The Hall–Kier alpha value is -2.85. The van der Waals surface area contributed by atoms with Crippen molar-refractivity contribution < 1.29 is 18.0 Å². The van der Waals surface area contributed by atoms with Crippen LogP contribution in [0.25, 0.3) is 0 Å². The lowest BCUT2D eigenvalue weighted by atomic mass is 10.0. The SMILES string of the molecule is C[C@@H]1CC2=C(CN1C(=O)c1cccc(C(F)(F)F)c1Cl)NNN2c1cnccn1. The number of amides is 1. The number of nitrogens with zero attached hydrogens (tertiary/aromatic N) is 4. The van der Waals surface area contributed by atoms with Gasteiger partial charge in [-0.05, 0) is 19.1 Å². The van der Waals surface area contributed by atoms with Crippen molar-refractivity contribution in [1.82, 2.24) is 25.8 Å². The van der Waals surface area contributed by atoms with Crippen molar-refractivity contribution in [3.8, 4) is 0 Å². The van der Waals surface area contributed by atoms with E-state index in [0.717, 1.165) is 17.5 Å². The summed E-state index contributed by atoms with van der Waals surface area (Å²) in [7, 11) is 0. The summed E-state index contributed by atoms with van der Waals surface area (Å²) >= 11 is 5.94. The summed E-state index contributed by atoms with van der Waals surface area (Å²) in [5.41, 5.74) is 6.38. The molecule has 2 aliphatic rings. The van der Waals surface area contributed by atoms with Gasteiger partial charge in [-0.1, -0.05) is 17.7 Å². The first kappa shape index (κ1) is 19.5. The van der Waals surface area contributed by atoms with Gasteiger partial charge in [-0.15, -0.1) is 5.53 Å². The molecule has 3 heterocycles. The average Bonchev–Trinajstić information content (AvgIpc) is 3.09. The molecule has 1 aromatic carbocycles. The highest BCUT2D eigenvalue weighted by atomic mass is 35.5. The average molecular weight is 425 g/mol. The second-order valence-electron chi connectivity index (χ2n) is 6.71. The van der Waals surface area contributed by atoms with Crippen LogP contribution in [0.4, 0.5) is 19.0 Å². The summed E-state index contributed by atoms with van der Waals surface area (Å²) < 4.78 is 39.4. The Morgan fingerprint density at radius 3 is 2.79 bits per heavy atom. The van der Waals surface area contributed by atoms with Crippen LogP contribution in [0.15, 0.2) is 48.2 Å². The predicted molar refractivity (Wildman–Crippen MR) is 99.4 cm³/mol. The molecule has 4 rings (SSSR count). The van der Waals surface area contributed by atoms with Gasteiger partial charge >= 0.3 is 6.18 Å². The fourth-order valence-corrected chi connectivity index (χ4v) is 3.72. The Morgan fingerprint density at radius 1 is 1.31 bits per heavy atom. The van der Waals surface area contributed by atoms with Gasteiger partial charge < -0.3 is 10.3 Å². The van der Waals surface area contributed by atoms with Gasteiger partial charge in [0.1, 0.15) is 0 Å². The predicted octanol–water partition coefficient (Wildman–Crippen LogP) is 3.12. The highest BCUT2D eigenvalue weighted by Crippen LogP contribution is 2.37. The second-order valence-corrected chi connectivity index (χ2v) is 7.09. The van der Waals surface area contributed by atoms with Crippen LogP contribution in [-0.2, 0) is 6.18 Å². The lowest BCUT2D eigenvalue weighted by Crippen LogP contribution is -2.44. The second kappa shape index (κ2) is 7.20. The molecule has 7 nitrogen and oxygen atoms in total. The van der Waals surface area contributed by atoms with Crippen molar-refractivity contribution in [1.29, 1.82) is 0 Å². The molecule has 1 aromatic heterocycles. The molecule has 0 fully saturated rings. The molecule has 2 aliphatic heterocycles. The van der Waals surface area contributed by atoms with E-state index in [1.165, 1.54) is 17.0 Å². The molecule has 1 amide bonds. The van der Waals surface area contributed by atoms with Crippen LogP contribution >= 0.6 is 11.6 Å². The number of anilines is 1. The van der Waals surface area contributed by atoms with Gasteiger partial charge in [0.05, 0.1) is 40.3 Å². The molecule has 0 saturated carbocycles. The lowest BCUT2D eigenvalue weighted by molar-refractivity contribution is -0.137. The van der Waals surface area contributed by atoms with E-state index in [0.29, 0.717) is 12.2 Å². The maximum absolute atomic E-state index is 13.1. The minimum Gasteiger partial charge on any atom is -0.330 e. The first-order chi connectivity index (χ1) is 13.8. The Kier molecular flexibility index (Phi) is 4.83. The highest BCUT2D eigenvalue weighted by Gasteiger charge is 2.38. The van der Waals surface area contributed by atoms with Gasteiger partial charge in [0, 0.05) is 24.9 Å². The zero-order valence-corrected chi connectivity index (χ0v) is 15.9. The minimum absolute atomic E-state index is 0.172. The molecule has 29 heavy (non-hydrogen) atoms. The van der Waals surface area contributed by atoms with Gasteiger partial charge in [-0.25, -0.2) is 9.99 Å². The van der Waals surface area contributed by atoms with Crippen molar-refractivity contribution in [3.63, 3.8) is 0 Å². The van der Waals surface area contributed by atoms with E-state index in [4.69, 9.17) is 11.6 Å². The summed E-state index contributed by atoms with van der Waals surface area (Å²) in [5.74, 6) is 0.0257. The molecular formula is C18H16ClF3N6O. The number of hydrazine groups is 2. The zero-order chi connectivity index (χ0) is 20.8. The van der Waals surface area contributed by atoms with Crippen LogP contribution in [0.1, 0.15) is 29.3 Å². The molecule has 0 spiro atoms. The number of nitrogens with one attached hydrogen (secondary N) is 2. The first-order valence-electron chi connectivity index (χ1n) is 8.74. The summed E-state index contributed by atoms with van der Waals surface area (Å²) in [4.78, 5) is 22.8. The maximum Gasteiger partial charge on any atom is 0.417 e. The van der Waals surface area contributed by atoms with Gasteiger partial charge in [0.15, 0.2) is 5.82 Å². The number of carbonyl (C=O) groups excluding carboxylic acids is 1. The molecule has 0 bridgehead atoms. The van der Waals surface area contributed by atoms with E-state index in [1.54, 1.807) is 23.6 Å². The molecule has 0 aliphatic carbocycles. The van der Waals surface area contributed by atoms with Crippen molar-refractivity contribution in [2.75, 3.05) is 11.6 Å². The molecule has 2 aromatic rings. The number of aromatic nitrogens is 2. The van der Waals surface area contributed by atoms with Crippen LogP contribution in [0, 0.1) is 0 Å². The van der Waals surface area contributed by atoms with Crippen LogP contribution < -0.4 is 16.0 Å². The van der Waals surface area contributed by atoms with E-state index >= 15 is 0 Å². The van der Waals surface area contributed by atoms with E-state index in [2.05, 4.69) is 20.9 Å². The zero-order valence-electron chi connectivity index (χ0n) is 15.2. The fourth-order valence-electron chi connectivity index (χ4n) is 3.40. The van der Waals surface area contributed by atoms with E-state index in [1.807, 2.05) is 6.92 Å². The molecule has 11 heteroatoms. The maximum atomic E-state index is 13.1. The highest BCUT2D eigenvalue weighted by molar-refractivity contribution is 6.34. The number of hydrogen-bond donors (Lipinski definition) is 2. The molecule has 2 N–H and O–H groups in total. The van der Waals surface area contributed by atoms with Gasteiger partial charge in [0.25, 0.3) is 5.91 Å². The van der Waals surface area contributed by atoms with Crippen LogP contribution in [-0.4, -0.2) is 33.4 Å². The smallest absolute Gasteiger partial charge is 0.330 e. The standard InChI is InChI=1S/C18H16ClF3N6O/c1-10-7-14-13(25-26-28(14)15-8-23-5-6-24-15)9-27(10)17(29)11-3-2-4-12(16(11)19)18(20,21)22/h2-6,8,10,25-26H,7,9H2,1H3/t10-/m1/s1. The summed E-state index contributed by atoms with van der Waals surface area (Å²) in [6.45, 7) is 2.02. The number of hydrogen-bond acceptors (Lipinski definition) is 6. The number of carbonyl (C=O) groups is 1. The Bertz CT molecular complexity index is 981. The van der Waals surface area contributed by atoms with Gasteiger partial charge in [0.2, 0.25) is 0 Å². The molecule has 0 unspecified atom stereocenters. The monoisotopic (exact) mass is 424 g/mol. The Morgan fingerprint density at radius 2 is 2.10 bits per heavy atom. The minimum atomic E-state index is -4.63. The largest absolute Gasteiger partial charge is 0.417 e. The normalized spacial score (nSPS) is 19.3. The lowest BCUT2D eigenvalue weighted by Gasteiger charge is -2.35. The van der Waals surface area contributed by atoms with E-state index < -0.39 is 22.7 Å². The van der Waals surface area contributed by atoms with Gasteiger partial charge in [-0.2, -0.15) is 13.2 Å². The first-order valence-corrected chi connectivity index (χ1v) is 9.11. The fraction of sp³-hybridized carbons (Fsp3) is 0.278. The molecule has 0 radical (unpaired) electrons. The number of alkyl halides is 3. The summed E-state index contributed by atoms with van der Waals surface area (Å²) in [5, 5.41) is 1.15. The third-order valence-electron chi connectivity index (χ3n) is 4.86.